The third kappa shape index (κ3) is 6.45. The van der Waals surface area contributed by atoms with Crippen LogP contribution in [0.1, 0.15) is 31.2 Å². The summed E-state index contributed by atoms with van der Waals surface area (Å²) in [5.74, 6) is -1.80. The Morgan fingerprint density at radius 1 is 1.19 bits per heavy atom. The molecule has 0 bridgehead atoms. The van der Waals surface area contributed by atoms with Gasteiger partial charge in [-0.25, -0.2) is 0 Å². The first kappa shape index (κ1) is 20.5. The zero-order valence-corrected chi connectivity index (χ0v) is 15.3. The molecule has 0 saturated carbocycles. The number of carbonyl (C=O) groups excluding carboxylic acids is 3. The number of carbonyl (C=O) groups is 4. The molecule has 1 aromatic carbocycles. The van der Waals surface area contributed by atoms with Crippen LogP contribution in [0.15, 0.2) is 29.2 Å². The van der Waals surface area contributed by atoms with Crippen LogP contribution >= 0.6 is 11.8 Å². The summed E-state index contributed by atoms with van der Waals surface area (Å²) in [5.41, 5.74) is 0.575. The molecule has 0 aliphatic carbocycles. The molecule has 1 aliphatic rings. The van der Waals surface area contributed by atoms with Crippen molar-refractivity contribution in [2.45, 2.75) is 25.7 Å². The van der Waals surface area contributed by atoms with Crippen LogP contribution in [0.4, 0.5) is 4.79 Å². The highest BCUT2D eigenvalue weighted by molar-refractivity contribution is 8.18. The summed E-state index contributed by atoms with van der Waals surface area (Å²) in [4.78, 5) is 47.7. The lowest BCUT2D eigenvalue weighted by atomic mass is 10.2. The molecule has 3 N–H and O–H groups in total. The largest absolute Gasteiger partial charge is 0.508 e. The van der Waals surface area contributed by atoms with Crippen molar-refractivity contribution in [2.75, 3.05) is 13.1 Å². The van der Waals surface area contributed by atoms with Gasteiger partial charge in [0, 0.05) is 13.0 Å². The maximum Gasteiger partial charge on any atom is 0.303 e. The van der Waals surface area contributed by atoms with Gasteiger partial charge in [0.05, 0.1) is 4.91 Å². The molecule has 0 spiro atoms. The molecule has 8 nitrogen and oxygen atoms in total. The van der Waals surface area contributed by atoms with E-state index in [1.165, 1.54) is 18.2 Å². The summed E-state index contributed by atoms with van der Waals surface area (Å²) < 4.78 is 0. The highest BCUT2D eigenvalue weighted by Crippen LogP contribution is 2.32. The number of phenolic OH excluding ortho intramolecular Hbond substituents is 1. The van der Waals surface area contributed by atoms with Crippen LogP contribution in [-0.2, 0) is 14.4 Å². The fraction of sp³-hybridized carbons (Fsp3) is 0.333. The first-order chi connectivity index (χ1) is 12.9. The number of nitrogens with zero attached hydrogens (tertiary/aromatic N) is 1. The van der Waals surface area contributed by atoms with Gasteiger partial charge >= 0.3 is 5.97 Å². The number of hydrogen-bond acceptors (Lipinski definition) is 6. The van der Waals surface area contributed by atoms with Crippen molar-refractivity contribution in [3.05, 3.63) is 34.7 Å². The molecule has 0 radical (unpaired) electrons. The summed E-state index contributed by atoms with van der Waals surface area (Å²) in [6, 6.07) is 6.26. The van der Waals surface area contributed by atoms with Gasteiger partial charge in [0.1, 0.15) is 12.3 Å². The summed E-state index contributed by atoms with van der Waals surface area (Å²) >= 11 is 0.743. The number of aliphatic carboxylic acids is 1. The van der Waals surface area contributed by atoms with E-state index in [0.29, 0.717) is 31.4 Å². The Morgan fingerprint density at radius 2 is 1.96 bits per heavy atom. The van der Waals surface area contributed by atoms with Crippen molar-refractivity contribution < 1.29 is 29.4 Å². The summed E-state index contributed by atoms with van der Waals surface area (Å²) in [6.07, 6.45) is 3.41. The molecule has 144 valence electrons. The number of phenols is 1. The number of carboxylic acids is 1. The maximum absolute atomic E-state index is 12.3. The van der Waals surface area contributed by atoms with E-state index in [9.17, 15) is 24.3 Å². The molecule has 0 atom stereocenters. The lowest BCUT2D eigenvalue weighted by Gasteiger charge is -2.12. The topological polar surface area (TPSA) is 124 Å². The van der Waals surface area contributed by atoms with Crippen molar-refractivity contribution in [3.8, 4) is 5.75 Å². The minimum absolute atomic E-state index is 0.0470. The SMILES string of the molecule is O=C(O)CCCCCNC(=O)CN1C(=O)S/C(=C\c2cccc(O)c2)C1=O. The van der Waals surface area contributed by atoms with Gasteiger partial charge in [-0.2, -0.15) is 0 Å². The number of aromatic hydroxyl groups is 1. The van der Waals surface area contributed by atoms with Crippen LogP contribution in [0, 0.1) is 0 Å². The van der Waals surface area contributed by atoms with Gasteiger partial charge in [-0.3, -0.25) is 24.1 Å². The van der Waals surface area contributed by atoms with Crippen molar-refractivity contribution in [3.63, 3.8) is 0 Å². The van der Waals surface area contributed by atoms with Gasteiger partial charge in [0.25, 0.3) is 11.1 Å². The molecular formula is C18H20N2O6S. The maximum atomic E-state index is 12.3. The Hall–Kier alpha value is -2.81. The van der Waals surface area contributed by atoms with Gasteiger partial charge in [0.2, 0.25) is 5.91 Å². The predicted octanol–water partition coefficient (Wildman–Crippen LogP) is 2.19. The normalized spacial score (nSPS) is 15.4. The third-order valence-electron chi connectivity index (χ3n) is 3.73. The molecular weight excluding hydrogens is 372 g/mol. The molecule has 0 aromatic heterocycles. The molecule has 9 heteroatoms. The van der Waals surface area contributed by atoms with Crippen molar-refractivity contribution in [1.82, 2.24) is 10.2 Å². The van der Waals surface area contributed by atoms with Crippen molar-refractivity contribution >= 4 is 40.9 Å². The summed E-state index contributed by atoms with van der Waals surface area (Å²) in [5, 5.41) is 20.1. The lowest BCUT2D eigenvalue weighted by Crippen LogP contribution is -2.39. The first-order valence-electron chi connectivity index (χ1n) is 8.39. The smallest absolute Gasteiger partial charge is 0.303 e. The molecule has 3 amide bonds. The second-order valence-corrected chi connectivity index (χ2v) is 6.91. The number of hydrogen-bond donors (Lipinski definition) is 3. The Bertz CT molecular complexity index is 777. The number of carboxylic acid groups (broad SMARTS) is 1. The Balaban J connectivity index is 1.82. The minimum Gasteiger partial charge on any atom is -0.508 e. The Morgan fingerprint density at radius 3 is 2.67 bits per heavy atom. The standard InChI is InChI=1S/C18H20N2O6S/c21-13-6-4-5-12(9-13)10-14-17(25)20(18(26)27-14)11-15(22)19-8-3-1-2-7-16(23)24/h4-6,9-10,21H,1-3,7-8,11H2,(H,19,22)(H,23,24)/b14-10-. The van der Waals surface area contributed by atoms with E-state index in [0.717, 1.165) is 16.7 Å². The lowest BCUT2D eigenvalue weighted by molar-refractivity contribution is -0.137. The zero-order valence-electron chi connectivity index (χ0n) is 14.5. The average molecular weight is 392 g/mol. The Labute approximate surface area is 160 Å². The second kappa shape index (κ2) is 9.77. The van der Waals surface area contributed by atoms with Gasteiger partial charge < -0.3 is 15.5 Å². The zero-order chi connectivity index (χ0) is 19.8. The molecule has 27 heavy (non-hydrogen) atoms. The molecule has 1 aliphatic heterocycles. The monoisotopic (exact) mass is 392 g/mol. The van der Waals surface area contributed by atoms with E-state index in [1.54, 1.807) is 12.1 Å². The molecule has 1 fully saturated rings. The number of imide groups is 1. The third-order valence-corrected chi connectivity index (χ3v) is 4.64. The van der Waals surface area contributed by atoms with Gasteiger partial charge in [-0.1, -0.05) is 18.6 Å². The minimum atomic E-state index is -0.850. The molecule has 1 aromatic rings. The number of nitrogens with one attached hydrogen (secondary N) is 1. The molecule has 2 rings (SSSR count). The number of thioether (sulfide) groups is 1. The number of amides is 3. The highest BCUT2D eigenvalue weighted by atomic mass is 32.2. The van der Waals surface area contributed by atoms with Crippen LogP contribution < -0.4 is 5.32 Å². The van der Waals surface area contributed by atoms with E-state index < -0.39 is 23.0 Å². The van der Waals surface area contributed by atoms with Crippen LogP contribution in [-0.4, -0.2) is 51.2 Å². The molecule has 1 saturated heterocycles. The fourth-order valence-electron chi connectivity index (χ4n) is 2.41. The average Bonchev–Trinajstić information content (AvgIpc) is 2.85. The Kier molecular flexibility index (Phi) is 7.42. The predicted molar refractivity (Wildman–Crippen MR) is 99.9 cm³/mol. The van der Waals surface area contributed by atoms with Crippen LogP contribution in [0.2, 0.25) is 0 Å². The second-order valence-electron chi connectivity index (χ2n) is 5.92. The van der Waals surface area contributed by atoms with Gasteiger partial charge in [-0.05, 0) is 48.4 Å². The van der Waals surface area contributed by atoms with E-state index >= 15 is 0 Å². The van der Waals surface area contributed by atoms with E-state index in [4.69, 9.17) is 5.11 Å². The van der Waals surface area contributed by atoms with Crippen LogP contribution in [0.5, 0.6) is 5.75 Å². The molecule has 0 unspecified atom stereocenters. The van der Waals surface area contributed by atoms with Crippen LogP contribution in [0.25, 0.3) is 6.08 Å². The van der Waals surface area contributed by atoms with E-state index in [2.05, 4.69) is 5.32 Å². The molecule has 1 heterocycles. The van der Waals surface area contributed by atoms with Crippen LogP contribution in [0.3, 0.4) is 0 Å². The van der Waals surface area contributed by atoms with E-state index in [-0.39, 0.29) is 23.6 Å². The quantitative estimate of drug-likeness (QED) is 0.435. The number of rotatable bonds is 9. The number of benzene rings is 1. The van der Waals surface area contributed by atoms with Crippen molar-refractivity contribution in [1.29, 1.82) is 0 Å². The van der Waals surface area contributed by atoms with Crippen molar-refractivity contribution in [2.24, 2.45) is 0 Å². The first-order valence-corrected chi connectivity index (χ1v) is 9.21. The summed E-state index contributed by atoms with van der Waals surface area (Å²) in [7, 11) is 0. The highest BCUT2D eigenvalue weighted by Gasteiger charge is 2.36. The van der Waals surface area contributed by atoms with E-state index in [1.807, 2.05) is 0 Å². The van der Waals surface area contributed by atoms with Gasteiger partial charge in [0.15, 0.2) is 0 Å². The fourth-order valence-corrected chi connectivity index (χ4v) is 3.25. The van der Waals surface area contributed by atoms with Gasteiger partial charge in [-0.15, -0.1) is 0 Å². The summed E-state index contributed by atoms with van der Waals surface area (Å²) in [6.45, 7) is -0.00895. The number of unbranched alkanes of at least 4 members (excludes halogenated alkanes) is 2.